The number of Topliss-reactive ketones (excluding diaryl/α,β-unsaturated/α-hetero) is 1. The average molecular weight is 206 g/mol. The molecule has 80 valence electrons. The maximum absolute atomic E-state index is 12.6. The molecule has 1 fully saturated rings. The van der Waals surface area contributed by atoms with Crippen molar-refractivity contribution >= 4 is 5.78 Å². The van der Waals surface area contributed by atoms with Crippen LogP contribution in [-0.2, 0) is 11.2 Å². The van der Waals surface area contributed by atoms with Gasteiger partial charge in [-0.25, -0.2) is 4.39 Å². The van der Waals surface area contributed by atoms with Crippen LogP contribution in [-0.4, -0.2) is 5.78 Å². The van der Waals surface area contributed by atoms with Crippen LogP contribution < -0.4 is 0 Å². The molecule has 1 unspecified atom stereocenters. The van der Waals surface area contributed by atoms with E-state index in [2.05, 4.69) is 0 Å². The predicted octanol–water partition coefficient (Wildman–Crippen LogP) is 2.98. The van der Waals surface area contributed by atoms with Crippen molar-refractivity contribution in [3.8, 4) is 0 Å². The highest BCUT2D eigenvalue weighted by Crippen LogP contribution is 2.37. The molecule has 1 aromatic carbocycles. The molecule has 1 atom stereocenters. The number of benzene rings is 1. The van der Waals surface area contributed by atoms with Gasteiger partial charge in [-0.05, 0) is 36.5 Å². The molecule has 0 bridgehead atoms. The number of halogens is 1. The first-order chi connectivity index (χ1) is 7.16. The summed E-state index contributed by atoms with van der Waals surface area (Å²) in [6, 6.07) is 6.19. The van der Waals surface area contributed by atoms with E-state index in [0.29, 0.717) is 12.3 Å². The second-order valence-corrected chi connectivity index (χ2v) is 4.40. The SMILES string of the molecule is CC(C(=O)Cc1ccc(F)cc1)C1CC1. The van der Waals surface area contributed by atoms with Crippen molar-refractivity contribution in [1.82, 2.24) is 0 Å². The van der Waals surface area contributed by atoms with Gasteiger partial charge in [-0.15, -0.1) is 0 Å². The molecule has 2 heteroatoms. The summed E-state index contributed by atoms with van der Waals surface area (Å²) in [6.45, 7) is 2.00. The Balaban J connectivity index is 1.95. The van der Waals surface area contributed by atoms with E-state index < -0.39 is 0 Å². The fourth-order valence-electron chi connectivity index (χ4n) is 1.82. The van der Waals surface area contributed by atoms with Crippen LogP contribution in [0, 0.1) is 17.7 Å². The Morgan fingerprint density at radius 1 is 1.40 bits per heavy atom. The van der Waals surface area contributed by atoms with Gasteiger partial charge in [-0.3, -0.25) is 4.79 Å². The van der Waals surface area contributed by atoms with Gasteiger partial charge >= 0.3 is 0 Å². The molecule has 0 N–H and O–H groups in total. The summed E-state index contributed by atoms with van der Waals surface area (Å²) in [5, 5.41) is 0. The van der Waals surface area contributed by atoms with Crippen LogP contribution in [0.25, 0.3) is 0 Å². The van der Waals surface area contributed by atoms with Gasteiger partial charge < -0.3 is 0 Å². The van der Waals surface area contributed by atoms with Crippen LogP contribution in [0.15, 0.2) is 24.3 Å². The number of ketones is 1. The third kappa shape index (κ3) is 2.65. The molecule has 15 heavy (non-hydrogen) atoms. The molecule has 0 radical (unpaired) electrons. The Morgan fingerprint density at radius 3 is 2.53 bits per heavy atom. The van der Waals surface area contributed by atoms with Gasteiger partial charge in [-0.2, -0.15) is 0 Å². The topological polar surface area (TPSA) is 17.1 Å². The van der Waals surface area contributed by atoms with E-state index in [1.807, 2.05) is 6.92 Å². The van der Waals surface area contributed by atoms with E-state index in [9.17, 15) is 9.18 Å². The quantitative estimate of drug-likeness (QED) is 0.740. The Kier molecular flexibility index (Phi) is 2.85. The molecule has 1 aliphatic carbocycles. The molecular formula is C13H15FO. The average Bonchev–Trinajstić information content (AvgIpc) is 3.04. The molecule has 1 nitrogen and oxygen atoms in total. The standard InChI is InChI=1S/C13H15FO/c1-9(11-4-5-11)13(15)8-10-2-6-12(14)7-3-10/h2-3,6-7,9,11H,4-5,8H2,1H3. The van der Waals surface area contributed by atoms with E-state index in [1.54, 1.807) is 12.1 Å². The summed E-state index contributed by atoms with van der Waals surface area (Å²) in [7, 11) is 0. The summed E-state index contributed by atoms with van der Waals surface area (Å²) in [4.78, 5) is 11.8. The Morgan fingerprint density at radius 2 is 2.00 bits per heavy atom. The van der Waals surface area contributed by atoms with Crippen LogP contribution in [0.4, 0.5) is 4.39 Å². The van der Waals surface area contributed by atoms with Crippen molar-refractivity contribution in [3.63, 3.8) is 0 Å². The third-order valence-corrected chi connectivity index (χ3v) is 3.13. The minimum absolute atomic E-state index is 0.176. The van der Waals surface area contributed by atoms with Gasteiger partial charge in [0.05, 0.1) is 0 Å². The molecule has 0 heterocycles. The van der Waals surface area contributed by atoms with Crippen LogP contribution in [0.5, 0.6) is 0 Å². The fraction of sp³-hybridized carbons (Fsp3) is 0.462. The van der Waals surface area contributed by atoms with Gasteiger partial charge in [0.15, 0.2) is 0 Å². The monoisotopic (exact) mass is 206 g/mol. The highest BCUT2D eigenvalue weighted by Gasteiger charge is 2.32. The number of rotatable bonds is 4. The fourth-order valence-corrected chi connectivity index (χ4v) is 1.82. The molecule has 0 amide bonds. The summed E-state index contributed by atoms with van der Waals surface area (Å²) in [5.74, 6) is 0.818. The van der Waals surface area contributed by atoms with E-state index in [0.717, 1.165) is 5.56 Å². The van der Waals surface area contributed by atoms with Gasteiger partial charge in [0.2, 0.25) is 0 Å². The Labute approximate surface area is 89.3 Å². The van der Waals surface area contributed by atoms with Crippen molar-refractivity contribution < 1.29 is 9.18 Å². The van der Waals surface area contributed by atoms with E-state index in [4.69, 9.17) is 0 Å². The van der Waals surface area contributed by atoms with Gasteiger partial charge in [0.25, 0.3) is 0 Å². The van der Waals surface area contributed by atoms with Gasteiger partial charge in [0.1, 0.15) is 11.6 Å². The molecule has 0 aliphatic heterocycles. The van der Waals surface area contributed by atoms with Crippen LogP contribution in [0.3, 0.4) is 0 Å². The maximum atomic E-state index is 12.6. The van der Waals surface area contributed by atoms with E-state index in [-0.39, 0.29) is 17.5 Å². The summed E-state index contributed by atoms with van der Waals surface area (Å²) < 4.78 is 12.6. The van der Waals surface area contributed by atoms with Crippen LogP contribution in [0.1, 0.15) is 25.3 Å². The minimum Gasteiger partial charge on any atom is -0.299 e. The smallest absolute Gasteiger partial charge is 0.140 e. The lowest BCUT2D eigenvalue weighted by atomic mass is 9.95. The van der Waals surface area contributed by atoms with Crippen LogP contribution >= 0.6 is 0 Å². The molecule has 1 aliphatic rings. The lowest BCUT2D eigenvalue weighted by Crippen LogP contribution is -2.15. The van der Waals surface area contributed by atoms with Crippen LogP contribution in [0.2, 0.25) is 0 Å². The predicted molar refractivity (Wildman–Crippen MR) is 57.0 cm³/mol. The third-order valence-electron chi connectivity index (χ3n) is 3.13. The molecule has 1 saturated carbocycles. The van der Waals surface area contributed by atoms with Gasteiger partial charge in [-0.1, -0.05) is 19.1 Å². The Hall–Kier alpha value is -1.18. The van der Waals surface area contributed by atoms with Crippen molar-refractivity contribution in [1.29, 1.82) is 0 Å². The maximum Gasteiger partial charge on any atom is 0.140 e. The summed E-state index contributed by atoms with van der Waals surface area (Å²) >= 11 is 0. The molecular weight excluding hydrogens is 191 g/mol. The zero-order chi connectivity index (χ0) is 10.8. The molecule has 2 rings (SSSR count). The lowest BCUT2D eigenvalue weighted by Gasteiger charge is -2.08. The minimum atomic E-state index is -0.249. The first-order valence-electron chi connectivity index (χ1n) is 5.44. The molecule has 0 saturated heterocycles. The Bertz CT molecular complexity index is 351. The van der Waals surface area contributed by atoms with Crippen molar-refractivity contribution in [2.24, 2.45) is 11.8 Å². The lowest BCUT2D eigenvalue weighted by molar-refractivity contribution is -0.122. The highest BCUT2D eigenvalue weighted by molar-refractivity contribution is 5.83. The highest BCUT2D eigenvalue weighted by atomic mass is 19.1. The van der Waals surface area contributed by atoms with Crippen molar-refractivity contribution in [2.45, 2.75) is 26.2 Å². The van der Waals surface area contributed by atoms with Crippen molar-refractivity contribution in [3.05, 3.63) is 35.6 Å². The first-order valence-corrected chi connectivity index (χ1v) is 5.44. The molecule has 0 aromatic heterocycles. The number of carbonyl (C=O) groups is 1. The zero-order valence-electron chi connectivity index (χ0n) is 8.87. The summed E-state index contributed by atoms with van der Waals surface area (Å²) in [6.07, 6.45) is 2.82. The van der Waals surface area contributed by atoms with E-state index in [1.165, 1.54) is 25.0 Å². The number of hydrogen-bond acceptors (Lipinski definition) is 1. The first kappa shape index (κ1) is 10.3. The zero-order valence-corrected chi connectivity index (χ0v) is 8.87. The largest absolute Gasteiger partial charge is 0.299 e. The van der Waals surface area contributed by atoms with E-state index >= 15 is 0 Å². The number of carbonyl (C=O) groups excluding carboxylic acids is 1. The normalized spacial score (nSPS) is 17.5. The van der Waals surface area contributed by atoms with Crippen molar-refractivity contribution in [2.75, 3.05) is 0 Å². The van der Waals surface area contributed by atoms with Gasteiger partial charge in [0, 0.05) is 12.3 Å². The second kappa shape index (κ2) is 4.13. The molecule has 1 aromatic rings. The number of hydrogen-bond donors (Lipinski definition) is 0. The summed E-state index contributed by atoms with van der Waals surface area (Å²) in [5.41, 5.74) is 0.911. The molecule has 0 spiro atoms. The second-order valence-electron chi connectivity index (χ2n) is 4.40.